The summed E-state index contributed by atoms with van der Waals surface area (Å²) in [5.41, 5.74) is 4.98. The molecule has 2 nitrogen and oxygen atoms in total. The number of methoxy groups -OCH3 is 1. The van der Waals surface area contributed by atoms with Gasteiger partial charge in [-0.15, -0.1) is 12.4 Å². The van der Waals surface area contributed by atoms with E-state index in [0.29, 0.717) is 11.5 Å². The summed E-state index contributed by atoms with van der Waals surface area (Å²) in [5.74, 6) is 2.06. The lowest BCUT2D eigenvalue weighted by Gasteiger charge is -2.41. The third-order valence-electron chi connectivity index (χ3n) is 6.77. The van der Waals surface area contributed by atoms with Crippen molar-refractivity contribution in [1.29, 1.82) is 0 Å². The van der Waals surface area contributed by atoms with Crippen molar-refractivity contribution in [2.45, 2.75) is 64.3 Å². The van der Waals surface area contributed by atoms with Crippen molar-refractivity contribution in [3.8, 4) is 5.75 Å². The first-order valence-corrected chi connectivity index (χ1v) is 9.51. The Labute approximate surface area is 153 Å². The molecular formula is C21H32ClNO. The molecule has 3 heteroatoms. The van der Waals surface area contributed by atoms with Crippen LogP contribution in [0.2, 0.25) is 0 Å². The number of hydrogen-bond donors (Lipinski definition) is 0. The summed E-state index contributed by atoms with van der Waals surface area (Å²) in [5, 5.41) is 0. The highest BCUT2D eigenvalue weighted by Gasteiger charge is 2.53. The van der Waals surface area contributed by atoms with Gasteiger partial charge in [-0.2, -0.15) is 0 Å². The van der Waals surface area contributed by atoms with Gasteiger partial charge in [0, 0.05) is 12.6 Å². The number of hydrogen-bond acceptors (Lipinski definition) is 2. The zero-order chi connectivity index (χ0) is 16.0. The van der Waals surface area contributed by atoms with Crippen LogP contribution in [0, 0.1) is 18.3 Å². The molecule has 4 rings (SSSR count). The minimum absolute atomic E-state index is 0. The van der Waals surface area contributed by atoms with Gasteiger partial charge in [-0.05, 0) is 73.7 Å². The van der Waals surface area contributed by atoms with Crippen LogP contribution in [0.3, 0.4) is 0 Å². The quantitative estimate of drug-likeness (QED) is 0.729. The van der Waals surface area contributed by atoms with Gasteiger partial charge in [-0.1, -0.05) is 31.7 Å². The van der Waals surface area contributed by atoms with Crippen molar-refractivity contribution < 1.29 is 4.74 Å². The topological polar surface area (TPSA) is 12.5 Å². The molecule has 0 N–H and O–H groups in total. The molecule has 0 bridgehead atoms. The smallest absolute Gasteiger partial charge is 0.122 e. The summed E-state index contributed by atoms with van der Waals surface area (Å²) in [4.78, 5) is 2.64. The van der Waals surface area contributed by atoms with E-state index in [2.05, 4.69) is 31.0 Å². The highest BCUT2D eigenvalue weighted by atomic mass is 35.5. The van der Waals surface area contributed by atoms with Crippen molar-refractivity contribution in [3.63, 3.8) is 0 Å². The third-order valence-corrected chi connectivity index (χ3v) is 6.77. The third kappa shape index (κ3) is 3.08. The number of likely N-dealkylation sites (N-methyl/N-ethyl adjacent to an activating group) is 1. The van der Waals surface area contributed by atoms with Crippen molar-refractivity contribution in [2.24, 2.45) is 11.3 Å². The van der Waals surface area contributed by atoms with Gasteiger partial charge in [0.1, 0.15) is 5.75 Å². The Morgan fingerprint density at radius 3 is 2.54 bits per heavy atom. The zero-order valence-corrected chi connectivity index (χ0v) is 16.3. The van der Waals surface area contributed by atoms with Crippen LogP contribution in [-0.2, 0) is 6.42 Å². The Balaban J connectivity index is 0.00000169. The molecule has 0 saturated heterocycles. The van der Waals surface area contributed by atoms with Gasteiger partial charge >= 0.3 is 0 Å². The van der Waals surface area contributed by atoms with E-state index in [1.54, 1.807) is 11.1 Å². The molecule has 3 aliphatic rings. The Bertz CT molecular complexity index is 590. The average Bonchev–Trinajstić information content (AvgIpc) is 3.11. The number of benzene rings is 1. The van der Waals surface area contributed by atoms with E-state index in [0.717, 1.165) is 11.7 Å². The van der Waals surface area contributed by atoms with Gasteiger partial charge in [-0.25, -0.2) is 0 Å². The molecule has 1 aromatic carbocycles. The van der Waals surface area contributed by atoms with Gasteiger partial charge in [0.25, 0.3) is 0 Å². The predicted octanol–water partition coefficient (Wildman–Crippen LogP) is 5.31. The second kappa shape index (κ2) is 6.88. The van der Waals surface area contributed by atoms with E-state index in [1.165, 1.54) is 63.5 Å². The Morgan fingerprint density at radius 2 is 1.92 bits per heavy atom. The lowest BCUT2D eigenvalue weighted by atomic mass is 9.77. The lowest BCUT2D eigenvalue weighted by molar-refractivity contribution is 0.127. The van der Waals surface area contributed by atoms with Gasteiger partial charge in [0.05, 0.1) is 7.11 Å². The number of rotatable bonds is 4. The Hall–Kier alpha value is -0.730. The summed E-state index contributed by atoms with van der Waals surface area (Å²) in [7, 11) is 4.15. The Kier molecular flexibility index (Phi) is 5.18. The van der Waals surface area contributed by atoms with E-state index in [4.69, 9.17) is 4.74 Å². The normalized spacial score (nSPS) is 25.9. The van der Waals surface area contributed by atoms with Crippen molar-refractivity contribution >= 4 is 12.4 Å². The summed E-state index contributed by atoms with van der Waals surface area (Å²) >= 11 is 0. The van der Waals surface area contributed by atoms with E-state index in [1.807, 2.05) is 7.11 Å². The highest BCUT2D eigenvalue weighted by molar-refractivity contribution is 5.85. The fraction of sp³-hybridized carbons (Fsp3) is 0.714. The van der Waals surface area contributed by atoms with Gasteiger partial charge in [0.15, 0.2) is 0 Å². The number of nitrogens with zero attached hydrogens (tertiary/aromatic N) is 1. The van der Waals surface area contributed by atoms with Crippen LogP contribution in [0.4, 0.5) is 0 Å². The number of halogens is 1. The molecule has 24 heavy (non-hydrogen) atoms. The van der Waals surface area contributed by atoms with E-state index < -0.39 is 0 Å². The summed E-state index contributed by atoms with van der Waals surface area (Å²) in [6.45, 7) is 3.38. The van der Waals surface area contributed by atoms with Crippen LogP contribution >= 0.6 is 12.4 Å². The molecule has 1 aromatic rings. The van der Waals surface area contributed by atoms with Crippen LogP contribution in [0.1, 0.15) is 67.7 Å². The minimum atomic E-state index is 0. The maximum atomic E-state index is 5.64. The first-order chi connectivity index (χ1) is 11.1. The molecule has 0 radical (unpaired) electrons. The van der Waals surface area contributed by atoms with Crippen molar-refractivity contribution in [3.05, 3.63) is 28.8 Å². The summed E-state index contributed by atoms with van der Waals surface area (Å²) in [6, 6.07) is 5.36. The molecule has 1 unspecified atom stereocenters. The predicted molar refractivity (Wildman–Crippen MR) is 102 cm³/mol. The first kappa shape index (κ1) is 18.1. The average molecular weight is 350 g/mol. The molecule has 0 amide bonds. The fourth-order valence-electron chi connectivity index (χ4n) is 5.45. The van der Waals surface area contributed by atoms with Crippen LogP contribution < -0.4 is 4.74 Å². The van der Waals surface area contributed by atoms with E-state index in [-0.39, 0.29) is 12.4 Å². The summed E-state index contributed by atoms with van der Waals surface area (Å²) in [6.07, 6.45) is 11.4. The molecule has 0 spiro atoms. The molecule has 134 valence electrons. The zero-order valence-electron chi connectivity index (χ0n) is 15.4. The number of ether oxygens (including phenoxy) is 1. The van der Waals surface area contributed by atoms with E-state index in [9.17, 15) is 0 Å². The summed E-state index contributed by atoms with van der Waals surface area (Å²) < 4.78 is 5.64. The molecule has 1 atom stereocenters. The largest absolute Gasteiger partial charge is 0.496 e. The van der Waals surface area contributed by atoms with Crippen molar-refractivity contribution in [1.82, 2.24) is 4.90 Å². The van der Waals surface area contributed by atoms with Crippen molar-refractivity contribution in [2.75, 3.05) is 20.7 Å². The maximum Gasteiger partial charge on any atom is 0.122 e. The van der Waals surface area contributed by atoms with Gasteiger partial charge < -0.3 is 4.74 Å². The van der Waals surface area contributed by atoms with Gasteiger partial charge in [-0.3, -0.25) is 4.90 Å². The molecule has 1 aliphatic heterocycles. The first-order valence-electron chi connectivity index (χ1n) is 9.51. The second-order valence-corrected chi connectivity index (χ2v) is 8.37. The number of aryl methyl sites for hydroxylation is 1. The standard InChI is InChI=1S/C21H31NO.ClH/c1-15-12-17-8-11-22(2)20(18(17)13-19(15)23-3)21(9-10-21)14-16-6-4-5-7-16;/h12-13,16,20H,4-11,14H2,1-3H3;1H. The molecule has 2 saturated carbocycles. The van der Waals surface area contributed by atoms with Gasteiger partial charge in [0.2, 0.25) is 0 Å². The fourth-order valence-corrected chi connectivity index (χ4v) is 5.45. The second-order valence-electron chi connectivity index (χ2n) is 8.37. The highest BCUT2D eigenvalue weighted by Crippen LogP contribution is 2.63. The number of fused-ring (bicyclic) bond motifs is 1. The molecule has 2 aliphatic carbocycles. The van der Waals surface area contributed by atoms with Crippen LogP contribution in [0.25, 0.3) is 0 Å². The molecule has 1 heterocycles. The Morgan fingerprint density at radius 1 is 1.21 bits per heavy atom. The van der Waals surface area contributed by atoms with Crippen LogP contribution in [0.15, 0.2) is 12.1 Å². The van der Waals surface area contributed by atoms with E-state index >= 15 is 0 Å². The molecule has 2 fully saturated rings. The lowest BCUT2D eigenvalue weighted by Crippen LogP contribution is -2.38. The minimum Gasteiger partial charge on any atom is -0.496 e. The monoisotopic (exact) mass is 349 g/mol. The molecule has 0 aromatic heterocycles. The molecular weight excluding hydrogens is 318 g/mol. The van der Waals surface area contributed by atoms with Crippen LogP contribution in [0.5, 0.6) is 5.75 Å². The SMILES string of the molecule is COc1cc2c(cc1C)CCN(C)C2C1(CC2CCCC2)CC1.Cl. The van der Waals surface area contributed by atoms with Crippen LogP contribution in [-0.4, -0.2) is 25.6 Å². The maximum absolute atomic E-state index is 5.64.